The quantitative estimate of drug-likeness (QED) is 0.495. The first kappa shape index (κ1) is 13.4. The highest BCUT2D eigenvalue weighted by Crippen LogP contribution is 2.13. The number of carbonyl (C=O) groups is 1. The van der Waals surface area contributed by atoms with Crippen molar-refractivity contribution in [2.24, 2.45) is 5.84 Å². The molecule has 2 aromatic rings. The van der Waals surface area contributed by atoms with Gasteiger partial charge in [0.2, 0.25) is 0 Å². The Bertz CT molecular complexity index is 556. The second kappa shape index (κ2) is 6.26. The number of amides is 1. The number of nitrogens with two attached hydrogens (primary N) is 1. The molecule has 0 fully saturated rings. The molecule has 2 rings (SSSR count). The maximum Gasteiger partial charge on any atom is 0.284 e. The molecule has 0 aliphatic heterocycles. The van der Waals surface area contributed by atoms with Crippen LogP contribution in [0.15, 0.2) is 29.6 Å². The summed E-state index contributed by atoms with van der Waals surface area (Å²) >= 11 is 1.36. The molecule has 0 spiro atoms. The number of thiazole rings is 1. The summed E-state index contributed by atoms with van der Waals surface area (Å²) in [6.07, 6.45) is 0.569. The zero-order valence-corrected chi connectivity index (χ0v) is 10.7. The average molecular weight is 281 g/mol. The lowest BCUT2D eigenvalue weighted by Gasteiger charge is -2.04. The predicted molar refractivity (Wildman–Crippen MR) is 69.4 cm³/mol. The van der Waals surface area contributed by atoms with Crippen LogP contribution in [0.1, 0.15) is 15.5 Å². The molecule has 7 heteroatoms. The second-order valence-electron chi connectivity index (χ2n) is 3.65. The number of carbonyl (C=O) groups excluding carboxylic acids is 1. The standard InChI is InChI=1S/C12H12FN3O2S/c13-8-1-3-9(4-2-8)18-6-5-11-15-10(7-19-11)12(17)16-14/h1-4,7H,5-6,14H2,(H,16,17). The number of ether oxygens (including phenoxy) is 1. The fourth-order valence-corrected chi connectivity index (χ4v) is 2.15. The first-order chi connectivity index (χ1) is 9.19. The van der Waals surface area contributed by atoms with Gasteiger partial charge < -0.3 is 4.74 Å². The van der Waals surface area contributed by atoms with Gasteiger partial charge in [-0.25, -0.2) is 15.2 Å². The lowest BCUT2D eigenvalue weighted by Crippen LogP contribution is -2.30. The van der Waals surface area contributed by atoms with Gasteiger partial charge in [-0.2, -0.15) is 0 Å². The van der Waals surface area contributed by atoms with E-state index in [2.05, 4.69) is 4.98 Å². The summed E-state index contributed by atoms with van der Waals surface area (Å²) in [6, 6.07) is 5.79. The van der Waals surface area contributed by atoms with Gasteiger partial charge in [-0.1, -0.05) is 0 Å². The molecule has 0 aliphatic rings. The first-order valence-electron chi connectivity index (χ1n) is 5.53. The predicted octanol–water partition coefficient (Wildman–Crippen LogP) is 1.51. The number of nitrogens with one attached hydrogen (secondary N) is 1. The van der Waals surface area contributed by atoms with Gasteiger partial charge in [0.25, 0.3) is 5.91 Å². The van der Waals surface area contributed by atoms with Gasteiger partial charge in [0.1, 0.15) is 17.3 Å². The summed E-state index contributed by atoms with van der Waals surface area (Å²) in [7, 11) is 0. The van der Waals surface area contributed by atoms with Crippen LogP contribution >= 0.6 is 11.3 Å². The maximum atomic E-state index is 12.7. The van der Waals surface area contributed by atoms with Gasteiger partial charge in [-0.3, -0.25) is 10.2 Å². The number of rotatable bonds is 5. The molecular formula is C12H12FN3O2S. The minimum atomic E-state index is -0.415. The fraction of sp³-hybridized carbons (Fsp3) is 0.167. The van der Waals surface area contributed by atoms with Crippen LogP contribution in [-0.4, -0.2) is 17.5 Å². The molecule has 1 amide bonds. The third kappa shape index (κ3) is 3.73. The monoisotopic (exact) mass is 281 g/mol. The van der Waals surface area contributed by atoms with Crippen LogP contribution in [0.25, 0.3) is 0 Å². The highest BCUT2D eigenvalue weighted by Gasteiger charge is 2.08. The van der Waals surface area contributed by atoms with E-state index in [0.717, 1.165) is 5.01 Å². The number of hydrazine groups is 1. The minimum Gasteiger partial charge on any atom is -0.493 e. The van der Waals surface area contributed by atoms with E-state index in [0.29, 0.717) is 24.5 Å². The Morgan fingerprint density at radius 2 is 2.16 bits per heavy atom. The Hall–Kier alpha value is -1.99. The number of aromatic nitrogens is 1. The molecule has 3 N–H and O–H groups in total. The molecule has 0 aliphatic carbocycles. The molecule has 0 saturated carbocycles. The lowest BCUT2D eigenvalue weighted by molar-refractivity contribution is 0.0949. The molecule has 5 nitrogen and oxygen atoms in total. The Labute approximate surface area is 113 Å². The van der Waals surface area contributed by atoms with Crippen LogP contribution in [0, 0.1) is 5.82 Å². The minimum absolute atomic E-state index is 0.296. The van der Waals surface area contributed by atoms with Crippen LogP contribution in [0.2, 0.25) is 0 Å². The van der Waals surface area contributed by atoms with E-state index < -0.39 is 5.91 Å². The number of hydrogen-bond donors (Lipinski definition) is 2. The SMILES string of the molecule is NNC(=O)c1csc(CCOc2ccc(F)cc2)n1. The summed E-state index contributed by atoms with van der Waals surface area (Å²) in [5, 5.41) is 2.41. The molecule has 0 bridgehead atoms. The van der Waals surface area contributed by atoms with Gasteiger partial charge in [-0.15, -0.1) is 11.3 Å². The summed E-state index contributed by atoms with van der Waals surface area (Å²) in [5.41, 5.74) is 2.32. The van der Waals surface area contributed by atoms with Gasteiger partial charge in [-0.05, 0) is 24.3 Å². The zero-order valence-electron chi connectivity index (χ0n) is 9.93. The maximum absolute atomic E-state index is 12.7. The largest absolute Gasteiger partial charge is 0.493 e. The van der Waals surface area contributed by atoms with Crippen molar-refractivity contribution in [1.82, 2.24) is 10.4 Å². The number of halogens is 1. The van der Waals surface area contributed by atoms with Crippen molar-refractivity contribution in [3.8, 4) is 5.75 Å². The van der Waals surface area contributed by atoms with Gasteiger partial charge in [0.15, 0.2) is 0 Å². The normalized spacial score (nSPS) is 10.2. The van der Waals surface area contributed by atoms with Crippen molar-refractivity contribution >= 4 is 17.2 Å². The number of nitrogen functional groups attached to an aromatic ring is 1. The van der Waals surface area contributed by atoms with Crippen LogP contribution in [0.5, 0.6) is 5.75 Å². The average Bonchev–Trinajstić information content (AvgIpc) is 2.89. The molecule has 0 atom stereocenters. The molecule has 19 heavy (non-hydrogen) atoms. The van der Waals surface area contributed by atoms with E-state index in [4.69, 9.17) is 10.6 Å². The van der Waals surface area contributed by atoms with E-state index in [1.54, 1.807) is 17.5 Å². The summed E-state index contributed by atoms with van der Waals surface area (Å²) in [6.45, 7) is 0.406. The van der Waals surface area contributed by atoms with Gasteiger partial charge in [0.05, 0.1) is 11.6 Å². The molecule has 0 radical (unpaired) electrons. The topological polar surface area (TPSA) is 77.2 Å². The van der Waals surface area contributed by atoms with E-state index in [1.807, 2.05) is 5.43 Å². The van der Waals surface area contributed by atoms with Crippen molar-refractivity contribution in [2.45, 2.75) is 6.42 Å². The molecule has 0 saturated heterocycles. The van der Waals surface area contributed by atoms with Crippen molar-refractivity contribution in [1.29, 1.82) is 0 Å². The molecule has 1 aromatic heterocycles. The number of benzene rings is 1. The van der Waals surface area contributed by atoms with E-state index >= 15 is 0 Å². The Kier molecular flexibility index (Phi) is 4.43. The summed E-state index contributed by atoms with van der Waals surface area (Å²) in [5.74, 6) is 4.89. The van der Waals surface area contributed by atoms with Gasteiger partial charge >= 0.3 is 0 Å². The van der Waals surface area contributed by atoms with Crippen molar-refractivity contribution in [3.05, 3.63) is 46.2 Å². The van der Waals surface area contributed by atoms with Crippen molar-refractivity contribution in [3.63, 3.8) is 0 Å². The molecule has 1 aromatic carbocycles. The Morgan fingerprint density at radius 1 is 1.42 bits per heavy atom. The molecule has 1 heterocycles. The second-order valence-corrected chi connectivity index (χ2v) is 4.59. The molecular weight excluding hydrogens is 269 g/mol. The highest BCUT2D eigenvalue weighted by atomic mass is 32.1. The Morgan fingerprint density at radius 3 is 2.84 bits per heavy atom. The van der Waals surface area contributed by atoms with E-state index in [1.165, 1.54) is 23.5 Å². The smallest absolute Gasteiger partial charge is 0.284 e. The fourth-order valence-electron chi connectivity index (χ4n) is 1.39. The van der Waals surface area contributed by atoms with Crippen LogP contribution in [-0.2, 0) is 6.42 Å². The lowest BCUT2D eigenvalue weighted by atomic mass is 10.3. The summed E-state index contributed by atoms with van der Waals surface area (Å²) < 4.78 is 18.1. The number of nitrogens with zero attached hydrogens (tertiary/aromatic N) is 1. The van der Waals surface area contributed by atoms with E-state index in [-0.39, 0.29) is 5.82 Å². The zero-order chi connectivity index (χ0) is 13.7. The first-order valence-corrected chi connectivity index (χ1v) is 6.40. The molecule has 100 valence electrons. The van der Waals surface area contributed by atoms with Crippen LogP contribution < -0.4 is 16.0 Å². The third-order valence-corrected chi connectivity index (χ3v) is 3.22. The van der Waals surface area contributed by atoms with Crippen LogP contribution in [0.3, 0.4) is 0 Å². The number of hydrogen-bond acceptors (Lipinski definition) is 5. The van der Waals surface area contributed by atoms with Crippen molar-refractivity contribution in [2.75, 3.05) is 6.61 Å². The highest BCUT2D eigenvalue weighted by molar-refractivity contribution is 7.09. The third-order valence-electron chi connectivity index (χ3n) is 2.31. The Balaban J connectivity index is 1.84. The van der Waals surface area contributed by atoms with Crippen molar-refractivity contribution < 1.29 is 13.9 Å². The van der Waals surface area contributed by atoms with Gasteiger partial charge in [0, 0.05) is 11.8 Å². The van der Waals surface area contributed by atoms with E-state index in [9.17, 15) is 9.18 Å². The summed E-state index contributed by atoms with van der Waals surface area (Å²) in [4.78, 5) is 15.3. The van der Waals surface area contributed by atoms with Crippen LogP contribution in [0.4, 0.5) is 4.39 Å². The molecule has 0 unspecified atom stereocenters.